The van der Waals surface area contributed by atoms with Gasteiger partial charge in [-0.15, -0.1) is 0 Å². The molecule has 31 heavy (non-hydrogen) atoms. The smallest absolute Gasteiger partial charge is 0.409 e. The summed E-state index contributed by atoms with van der Waals surface area (Å²) < 4.78 is 0. The largest absolute Gasteiger partial charge is 0.465 e. The molecule has 0 radical (unpaired) electrons. The van der Waals surface area contributed by atoms with E-state index in [9.17, 15) is 19.5 Å². The van der Waals surface area contributed by atoms with Gasteiger partial charge in [0.25, 0.3) is 0 Å². The van der Waals surface area contributed by atoms with E-state index in [1.807, 2.05) is 48.5 Å². The Bertz CT molecular complexity index is 1060. The van der Waals surface area contributed by atoms with Crippen molar-refractivity contribution in [1.29, 1.82) is 0 Å². The summed E-state index contributed by atoms with van der Waals surface area (Å²) >= 11 is 0. The van der Waals surface area contributed by atoms with Crippen molar-refractivity contribution in [1.82, 2.24) is 0 Å². The number of carboxylic acid groups (broad SMARTS) is 1. The van der Waals surface area contributed by atoms with Crippen LogP contribution >= 0.6 is 0 Å². The molecule has 0 spiro atoms. The third-order valence-electron chi connectivity index (χ3n) is 5.06. The molecule has 0 atom stereocenters. The molecule has 2 N–H and O–H groups in total. The third-order valence-corrected chi connectivity index (χ3v) is 5.06. The van der Waals surface area contributed by atoms with E-state index in [4.69, 9.17) is 0 Å². The zero-order chi connectivity index (χ0) is 22.2. The second kappa shape index (κ2) is 10.2. The highest BCUT2D eigenvalue weighted by Gasteiger charge is 2.12. The number of benzene rings is 3. The number of carbonyl (C=O) groups excluding carboxylic acids is 2. The number of hydrogen-bond donors (Lipinski definition) is 2. The topological polar surface area (TPSA) is 86.7 Å². The summed E-state index contributed by atoms with van der Waals surface area (Å²) in [5.41, 5.74) is 4.51. The van der Waals surface area contributed by atoms with Crippen LogP contribution in [-0.2, 0) is 11.2 Å². The van der Waals surface area contributed by atoms with Gasteiger partial charge in [-0.3, -0.25) is 14.9 Å². The number of anilines is 2. The molecule has 6 heteroatoms. The van der Waals surface area contributed by atoms with Gasteiger partial charge in [-0.1, -0.05) is 42.5 Å². The van der Waals surface area contributed by atoms with Crippen molar-refractivity contribution in [2.75, 3.05) is 17.3 Å². The monoisotopic (exact) mass is 416 g/mol. The number of rotatable bonds is 8. The second-order valence-corrected chi connectivity index (χ2v) is 7.19. The third kappa shape index (κ3) is 5.79. The van der Waals surface area contributed by atoms with E-state index in [1.165, 1.54) is 0 Å². The number of amides is 2. The summed E-state index contributed by atoms with van der Waals surface area (Å²) in [6.45, 7) is 0. The average molecular weight is 416 g/mol. The summed E-state index contributed by atoms with van der Waals surface area (Å²) in [4.78, 5) is 36.1. The summed E-state index contributed by atoms with van der Waals surface area (Å²) in [6, 6.07) is 22.1. The summed E-state index contributed by atoms with van der Waals surface area (Å²) in [7, 11) is 1.71. The molecule has 0 aliphatic rings. The van der Waals surface area contributed by atoms with Gasteiger partial charge in [0.1, 0.15) is 6.29 Å². The molecule has 0 saturated heterocycles. The first-order valence-electron chi connectivity index (χ1n) is 9.98. The van der Waals surface area contributed by atoms with Gasteiger partial charge in [0, 0.05) is 30.3 Å². The normalized spacial score (nSPS) is 10.4. The van der Waals surface area contributed by atoms with Gasteiger partial charge < -0.3 is 10.0 Å². The first-order valence-corrected chi connectivity index (χ1v) is 9.98. The Labute approximate surface area is 181 Å². The first-order chi connectivity index (χ1) is 15.0. The van der Waals surface area contributed by atoms with Gasteiger partial charge in [-0.05, 0) is 54.3 Å². The van der Waals surface area contributed by atoms with E-state index in [-0.39, 0.29) is 5.91 Å². The van der Waals surface area contributed by atoms with Crippen LogP contribution in [0.1, 0.15) is 28.8 Å². The molecule has 3 rings (SSSR count). The van der Waals surface area contributed by atoms with Gasteiger partial charge >= 0.3 is 6.09 Å². The van der Waals surface area contributed by atoms with E-state index in [0.717, 1.165) is 28.7 Å². The molecule has 2 amide bonds. The minimum Gasteiger partial charge on any atom is -0.465 e. The molecule has 0 saturated carbocycles. The molecule has 3 aromatic carbocycles. The first kappa shape index (κ1) is 21.8. The fourth-order valence-electron chi connectivity index (χ4n) is 3.37. The number of aldehydes is 1. The second-order valence-electron chi connectivity index (χ2n) is 7.19. The lowest BCUT2D eigenvalue weighted by atomic mass is 9.99. The highest BCUT2D eigenvalue weighted by atomic mass is 16.4. The minimum absolute atomic E-state index is 0.0244. The maximum absolute atomic E-state index is 12.5. The Balaban J connectivity index is 1.64. The number of nitrogens with zero attached hydrogens (tertiary/aromatic N) is 1. The SMILES string of the molecule is CN(C(=O)CCCc1ccc(-c2ccccc2)c(NC(=O)O)c1)c1ccc(C=O)cc1. The van der Waals surface area contributed by atoms with Crippen LogP contribution in [0.5, 0.6) is 0 Å². The molecule has 0 heterocycles. The van der Waals surface area contributed by atoms with Gasteiger partial charge in [0.15, 0.2) is 0 Å². The van der Waals surface area contributed by atoms with Crippen molar-refractivity contribution < 1.29 is 19.5 Å². The van der Waals surface area contributed by atoms with E-state index in [0.29, 0.717) is 30.5 Å². The molecular weight excluding hydrogens is 392 g/mol. The van der Waals surface area contributed by atoms with Crippen molar-refractivity contribution in [2.45, 2.75) is 19.3 Å². The molecule has 3 aromatic rings. The van der Waals surface area contributed by atoms with Gasteiger partial charge in [-0.25, -0.2) is 4.79 Å². The molecule has 0 fully saturated rings. The molecule has 0 aliphatic heterocycles. The van der Waals surface area contributed by atoms with E-state index in [1.54, 1.807) is 36.2 Å². The van der Waals surface area contributed by atoms with Crippen LogP contribution in [0.15, 0.2) is 72.8 Å². The Hall–Kier alpha value is -3.93. The van der Waals surface area contributed by atoms with Crippen LogP contribution in [0, 0.1) is 0 Å². The Morgan fingerprint density at radius 1 is 1.00 bits per heavy atom. The molecule has 158 valence electrons. The fraction of sp³-hybridized carbons (Fsp3) is 0.160. The van der Waals surface area contributed by atoms with E-state index >= 15 is 0 Å². The number of carbonyl (C=O) groups is 3. The van der Waals surface area contributed by atoms with Crippen LogP contribution in [0.25, 0.3) is 11.1 Å². The maximum atomic E-state index is 12.5. The minimum atomic E-state index is -1.12. The molecule has 0 unspecified atom stereocenters. The lowest BCUT2D eigenvalue weighted by Gasteiger charge is -2.17. The van der Waals surface area contributed by atoms with Crippen LogP contribution in [0.4, 0.5) is 16.2 Å². The Kier molecular flexibility index (Phi) is 7.17. The van der Waals surface area contributed by atoms with Crippen LogP contribution < -0.4 is 10.2 Å². The molecule has 0 aliphatic carbocycles. The lowest BCUT2D eigenvalue weighted by molar-refractivity contribution is -0.118. The predicted molar refractivity (Wildman–Crippen MR) is 122 cm³/mol. The Morgan fingerprint density at radius 2 is 1.71 bits per heavy atom. The highest BCUT2D eigenvalue weighted by Crippen LogP contribution is 2.29. The van der Waals surface area contributed by atoms with Crippen molar-refractivity contribution in [3.8, 4) is 11.1 Å². The quantitative estimate of drug-likeness (QED) is 0.492. The van der Waals surface area contributed by atoms with Gasteiger partial charge in [-0.2, -0.15) is 0 Å². The number of aryl methyl sites for hydroxylation is 1. The molecular formula is C25H24N2O4. The fourth-order valence-corrected chi connectivity index (χ4v) is 3.37. The summed E-state index contributed by atoms with van der Waals surface area (Å²) in [6.07, 6.45) is 1.28. The maximum Gasteiger partial charge on any atom is 0.409 e. The zero-order valence-corrected chi connectivity index (χ0v) is 17.2. The van der Waals surface area contributed by atoms with Gasteiger partial charge in [0.05, 0.1) is 5.69 Å². The van der Waals surface area contributed by atoms with Crippen LogP contribution in [0.2, 0.25) is 0 Å². The van der Waals surface area contributed by atoms with Crippen LogP contribution in [0.3, 0.4) is 0 Å². The summed E-state index contributed by atoms with van der Waals surface area (Å²) in [5, 5.41) is 11.7. The average Bonchev–Trinajstić information content (AvgIpc) is 2.79. The zero-order valence-electron chi connectivity index (χ0n) is 17.2. The van der Waals surface area contributed by atoms with Crippen molar-refractivity contribution in [3.63, 3.8) is 0 Å². The molecule has 0 bridgehead atoms. The van der Waals surface area contributed by atoms with Gasteiger partial charge in [0.2, 0.25) is 5.91 Å². The predicted octanol–water partition coefficient (Wildman–Crippen LogP) is 5.24. The summed E-state index contributed by atoms with van der Waals surface area (Å²) in [5.74, 6) is -0.0244. The van der Waals surface area contributed by atoms with Crippen LogP contribution in [-0.4, -0.2) is 30.4 Å². The Morgan fingerprint density at radius 3 is 2.35 bits per heavy atom. The lowest BCUT2D eigenvalue weighted by Crippen LogP contribution is -2.25. The molecule has 0 aromatic heterocycles. The number of hydrogen-bond acceptors (Lipinski definition) is 3. The van der Waals surface area contributed by atoms with E-state index < -0.39 is 6.09 Å². The highest BCUT2D eigenvalue weighted by molar-refractivity contribution is 5.93. The number of nitrogens with one attached hydrogen (secondary N) is 1. The molecule has 6 nitrogen and oxygen atoms in total. The van der Waals surface area contributed by atoms with Crippen molar-refractivity contribution in [2.24, 2.45) is 0 Å². The van der Waals surface area contributed by atoms with Crippen molar-refractivity contribution >= 4 is 29.7 Å². The van der Waals surface area contributed by atoms with E-state index in [2.05, 4.69) is 5.32 Å². The van der Waals surface area contributed by atoms with Crippen molar-refractivity contribution in [3.05, 3.63) is 83.9 Å². The standard InChI is InChI=1S/C25H24N2O4/c1-27(21-13-10-19(17-28)11-14-21)24(29)9-5-6-18-12-15-22(20-7-3-2-4-8-20)23(16-18)26-25(30)31/h2-4,7-8,10-17,26H,5-6,9H2,1H3,(H,30,31).